The summed E-state index contributed by atoms with van der Waals surface area (Å²) in [6.45, 7) is 12.2. The third-order valence-corrected chi connectivity index (χ3v) is 7.15. The van der Waals surface area contributed by atoms with Gasteiger partial charge in [-0.15, -0.1) is 0 Å². The molecule has 0 aliphatic carbocycles. The minimum atomic E-state index is -0.397. The molecule has 4 heterocycles. The average molecular weight is 470 g/mol. The van der Waals surface area contributed by atoms with Crippen molar-refractivity contribution >= 4 is 0 Å². The summed E-state index contributed by atoms with van der Waals surface area (Å²) in [6, 6.07) is 17.0. The van der Waals surface area contributed by atoms with Crippen LogP contribution in [-0.4, -0.2) is 68.6 Å². The van der Waals surface area contributed by atoms with Crippen LogP contribution in [0.2, 0.25) is 0 Å². The molecule has 6 heteroatoms. The number of β-amino-alcohol motifs (C(OH)–C–C–N with tert-alkyl or cyclic N) is 1. The van der Waals surface area contributed by atoms with Crippen LogP contribution >= 0.6 is 0 Å². The zero-order valence-corrected chi connectivity index (χ0v) is 20.6. The number of aromatic nitrogens is 2. The largest absolute Gasteiger partial charge is 0.390 e. The van der Waals surface area contributed by atoms with E-state index in [0.717, 1.165) is 73.9 Å². The Labute approximate surface area is 208 Å². The molecule has 2 aromatic heterocycles. The fourth-order valence-corrected chi connectivity index (χ4v) is 5.13. The summed E-state index contributed by atoms with van der Waals surface area (Å²) < 4.78 is 0. The average Bonchev–Trinajstić information content (AvgIpc) is 3.22. The highest BCUT2D eigenvalue weighted by molar-refractivity contribution is 5.59. The molecule has 0 bridgehead atoms. The van der Waals surface area contributed by atoms with E-state index in [4.69, 9.17) is 4.98 Å². The zero-order chi connectivity index (χ0) is 24.2. The first-order valence-corrected chi connectivity index (χ1v) is 12.7. The lowest BCUT2D eigenvalue weighted by Gasteiger charge is -2.32. The molecule has 1 atom stereocenters. The maximum atomic E-state index is 10.8. The van der Waals surface area contributed by atoms with Crippen molar-refractivity contribution in [1.29, 1.82) is 0 Å². The normalized spacial score (nSPS) is 17.0. The van der Waals surface area contributed by atoms with Crippen LogP contribution in [0.5, 0.6) is 0 Å². The highest BCUT2D eigenvalue weighted by Crippen LogP contribution is 2.23. The molecule has 182 valence electrons. The van der Waals surface area contributed by atoms with Gasteiger partial charge in [-0.1, -0.05) is 43.8 Å². The molecule has 0 unspecified atom stereocenters. The molecular weight excluding hydrogens is 434 g/mol. The van der Waals surface area contributed by atoms with Gasteiger partial charge in [0.05, 0.1) is 17.6 Å². The molecule has 5 rings (SSSR count). The second-order valence-electron chi connectivity index (χ2n) is 9.63. The first-order chi connectivity index (χ1) is 17.1. The number of benzene rings is 1. The number of rotatable bonds is 8. The highest BCUT2D eigenvalue weighted by atomic mass is 16.3. The van der Waals surface area contributed by atoms with Crippen molar-refractivity contribution in [2.75, 3.05) is 32.7 Å². The van der Waals surface area contributed by atoms with E-state index in [-0.39, 0.29) is 0 Å². The molecule has 2 aliphatic rings. The molecule has 35 heavy (non-hydrogen) atoms. The SMILES string of the molecule is C=C1N(Cc2ccc(-c3ccnc(CC)c3)nc2)CCN1C[C@H](O)CN1CCc2ccccc2C1. The van der Waals surface area contributed by atoms with Crippen LogP contribution in [0.15, 0.2) is 73.3 Å². The summed E-state index contributed by atoms with van der Waals surface area (Å²) in [6.07, 6.45) is 5.39. The van der Waals surface area contributed by atoms with Gasteiger partial charge >= 0.3 is 0 Å². The van der Waals surface area contributed by atoms with Crippen LogP contribution in [0.3, 0.4) is 0 Å². The molecule has 0 saturated carbocycles. The first kappa shape index (κ1) is 23.5. The van der Waals surface area contributed by atoms with E-state index in [1.807, 2.05) is 18.5 Å². The third-order valence-electron chi connectivity index (χ3n) is 7.15. The number of hydrogen-bond donors (Lipinski definition) is 1. The molecule has 3 aromatic rings. The Morgan fingerprint density at radius 1 is 0.971 bits per heavy atom. The Balaban J connectivity index is 1.13. The Kier molecular flexibility index (Phi) is 7.11. The lowest BCUT2D eigenvalue weighted by atomic mass is 10.00. The van der Waals surface area contributed by atoms with Crippen molar-refractivity contribution in [2.45, 2.75) is 39.0 Å². The van der Waals surface area contributed by atoms with E-state index in [1.54, 1.807) is 0 Å². The minimum absolute atomic E-state index is 0.397. The summed E-state index contributed by atoms with van der Waals surface area (Å²) in [7, 11) is 0. The first-order valence-electron chi connectivity index (χ1n) is 12.7. The van der Waals surface area contributed by atoms with Gasteiger partial charge in [0.25, 0.3) is 0 Å². The van der Waals surface area contributed by atoms with Gasteiger partial charge < -0.3 is 14.9 Å². The molecular formula is C29H35N5O. The van der Waals surface area contributed by atoms with Gasteiger partial charge in [0.15, 0.2) is 0 Å². The van der Waals surface area contributed by atoms with Gasteiger partial charge in [-0.3, -0.25) is 14.9 Å². The predicted octanol–water partition coefficient (Wildman–Crippen LogP) is 3.71. The predicted molar refractivity (Wildman–Crippen MR) is 139 cm³/mol. The number of fused-ring (bicyclic) bond motifs is 1. The summed E-state index contributed by atoms with van der Waals surface area (Å²) in [5, 5.41) is 10.8. The van der Waals surface area contributed by atoms with Crippen LogP contribution in [0.4, 0.5) is 0 Å². The summed E-state index contributed by atoms with van der Waals surface area (Å²) in [5.41, 5.74) is 7.14. The molecule has 1 fully saturated rings. The van der Waals surface area contributed by atoms with Crippen molar-refractivity contribution in [3.63, 3.8) is 0 Å². The van der Waals surface area contributed by atoms with Gasteiger partial charge in [-0.05, 0) is 47.7 Å². The monoisotopic (exact) mass is 469 g/mol. The van der Waals surface area contributed by atoms with Crippen LogP contribution in [0, 0.1) is 0 Å². The van der Waals surface area contributed by atoms with Crippen LogP contribution in [-0.2, 0) is 25.9 Å². The number of hydrogen-bond acceptors (Lipinski definition) is 6. The summed E-state index contributed by atoms with van der Waals surface area (Å²) in [4.78, 5) is 15.9. The van der Waals surface area contributed by atoms with Crippen molar-refractivity contribution in [2.24, 2.45) is 0 Å². The van der Waals surface area contributed by atoms with E-state index < -0.39 is 6.10 Å². The lowest BCUT2D eigenvalue weighted by molar-refractivity contribution is 0.0812. The van der Waals surface area contributed by atoms with Gasteiger partial charge in [-0.25, -0.2) is 0 Å². The molecule has 6 nitrogen and oxygen atoms in total. The van der Waals surface area contributed by atoms with Crippen LogP contribution in [0.1, 0.15) is 29.3 Å². The van der Waals surface area contributed by atoms with Gasteiger partial charge in [-0.2, -0.15) is 0 Å². The summed E-state index contributed by atoms with van der Waals surface area (Å²) >= 11 is 0. The molecule has 1 aromatic carbocycles. The van der Waals surface area contributed by atoms with E-state index in [1.165, 1.54) is 11.1 Å². The van der Waals surface area contributed by atoms with Crippen molar-refractivity contribution < 1.29 is 5.11 Å². The Hall–Kier alpha value is -3.22. The number of nitrogens with zero attached hydrogens (tertiary/aromatic N) is 5. The third kappa shape index (κ3) is 5.55. The van der Waals surface area contributed by atoms with E-state index in [2.05, 4.69) is 75.7 Å². The second-order valence-corrected chi connectivity index (χ2v) is 9.63. The Morgan fingerprint density at radius 3 is 2.60 bits per heavy atom. The number of pyridine rings is 2. The minimum Gasteiger partial charge on any atom is -0.390 e. The van der Waals surface area contributed by atoms with Crippen molar-refractivity contribution in [3.8, 4) is 11.3 Å². The van der Waals surface area contributed by atoms with Gasteiger partial charge in [0.1, 0.15) is 0 Å². The van der Waals surface area contributed by atoms with E-state index >= 15 is 0 Å². The maximum Gasteiger partial charge on any atom is 0.0970 e. The van der Waals surface area contributed by atoms with Crippen LogP contribution < -0.4 is 0 Å². The van der Waals surface area contributed by atoms with E-state index in [0.29, 0.717) is 13.1 Å². The maximum absolute atomic E-state index is 10.8. The second kappa shape index (κ2) is 10.6. The van der Waals surface area contributed by atoms with Crippen molar-refractivity contribution in [3.05, 3.63) is 95.7 Å². The standard InChI is InChI=1S/C29H35N5O/c1-3-27-16-25(10-12-30-27)29-9-8-23(17-31-29)18-33-14-15-34(22(33)2)21-28(35)20-32-13-11-24-6-4-5-7-26(24)19-32/h4-10,12,16-17,28,35H,2-3,11,13-15,18-21H2,1H3/t28-/m1/s1. The molecule has 0 amide bonds. The molecule has 0 spiro atoms. The van der Waals surface area contributed by atoms with Crippen LogP contribution in [0.25, 0.3) is 11.3 Å². The highest BCUT2D eigenvalue weighted by Gasteiger charge is 2.26. The molecule has 1 saturated heterocycles. The Morgan fingerprint density at radius 2 is 1.80 bits per heavy atom. The fraction of sp³-hybridized carbons (Fsp3) is 0.379. The van der Waals surface area contributed by atoms with E-state index in [9.17, 15) is 5.11 Å². The van der Waals surface area contributed by atoms with Crippen molar-refractivity contribution in [1.82, 2.24) is 24.7 Å². The molecule has 1 N–H and O–H groups in total. The lowest BCUT2D eigenvalue weighted by Crippen LogP contribution is -2.41. The number of aliphatic hydroxyl groups excluding tert-OH is 1. The molecule has 0 radical (unpaired) electrons. The van der Waals surface area contributed by atoms with Gasteiger partial charge in [0, 0.05) is 69.5 Å². The smallest absolute Gasteiger partial charge is 0.0970 e. The Bertz CT molecular complexity index is 1160. The molecule has 2 aliphatic heterocycles. The quantitative estimate of drug-likeness (QED) is 0.543. The number of aryl methyl sites for hydroxylation is 1. The summed E-state index contributed by atoms with van der Waals surface area (Å²) in [5.74, 6) is 0.985. The zero-order valence-electron chi connectivity index (χ0n) is 20.6. The number of aliphatic hydroxyl groups is 1. The fourth-order valence-electron chi connectivity index (χ4n) is 5.13. The topological polar surface area (TPSA) is 55.7 Å². The van der Waals surface area contributed by atoms with Gasteiger partial charge in [0.2, 0.25) is 0 Å².